The Labute approximate surface area is 124 Å². The number of hydrogen-bond donors (Lipinski definition) is 3. The molecule has 0 aliphatic heterocycles. The molecule has 4 N–H and O–H groups in total. The van der Waals surface area contributed by atoms with Crippen molar-refractivity contribution in [3.8, 4) is 0 Å². The van der Waals surface area contributed by atoms with Crippen LogP contribution in [0.1, 0.15) is 37.0 Å². The van der Waals surface area contributed by atoms with Gasteiger partial charge in [0.15, 0.2) is 0 Å². The summed E-state index contributed by atoms with van der Waals surface area (Å²) in [5.41, 5.74) is 7.35. The Hall–Kier alpha value is -2.24. The van der Waals surface area contributed by atoms with Crippen LogP contribution < -0.4 is 16.4 Å². The lowest BCUT2D eigenvalue weighted by atomic mass is 10.1. The third-order valence-corrected chi connectivity index (χ3v) is 3.25. The van der Waals surface area contributed by atoms with E-state index in [1.54, 1.807) is 32.0 Å². The summed E-state index contributed by atoms with van der Waals surface area (Å²) in [7, 11) is 0. The molecule has 1 aromatic rings. The SMILES string of the molecule is CCOC(=O)c1ccc(NC(C)C(=O)NC2CC2)c(N)c1. The molecule has 2 rings (SSSR count). The Kier molecular flexibility index (Phi) is 4.67. The van der Waals surface area contributed by atoms with E-state index in [4.69, 9.17) is 10.5 Å². The standard InChI is InChI=1S/C15H21N3O3/c1-3-21-15(20)10-4-7-13(12(16)8-10)17-9(2)14(19)18-11-5-6-11/h4,7-9,11,17H,3,5-6,16H2,1-2H3,(H,18,19). The van der Waals surface area contributed by atoms with E-state index in [1.165, 1.54) is 0 Å². The molecule has 0 bridgehead atoms. The maximum Gasteiger partial charge on any atom is 0.338 e. The van der Waals surface area contributed by atoms with Crippen molar-refractivity contribution in [1.82, 2.24) is 5.32 Å². The Bertz CT molecular complexity index is 541. The summed E-state index contributed by atoms with van der Waals surface area (Å²) in [6.45, 7) is 3.84. The minimum atomic E-state index is -0.407. The summed E-state index contributed by atoms with van der Waals surface area (Å²) in [5.74, 6) is -0.457. The minimum Gasteiger partial charge on any atom is -0.462 e. The molecule has 114 valence electrons. The Morgan fingerprint density at radius 2 is 2.14 bits per heavy atom. The third kappa shape index (κ3) is 4.11. The summed E-state index contributed by atoms with van der Waals surface area (Å²) in [6.07, 6.45) is 2.10. The minimum absolute atomic E-state index is 0.0497. The highest BCUT2D eigenvalue weighted by atomic mass is 16.5. The van der Waals surface area contributed by atoms with E-state index in [0.717, 1.165) is 12.8 Å². The summed E-state index contributed by atoms with van der Waals surface area (Å²) in [4.78, 5) is 23.5. The van der Waals surface area contributed by atoms with Crippen LogP contribution in [0.25, 0.3) is 0 Å². The summed E-state index contributed by atoms with van der Waals surface area (Å²) >= 11 is 0. The quantitative estimate of drug-likeness (QED) is 0.546. The molecular weight excluding hydrogens is 270 g/mol. The van der Waals surface area contributed by atoms with Gasteiger partial charge in [0, 0.05) is 6.04 Å². The molecule has 1 aliphatic rings. The van der Waals surface area contributed by atoms with Crippen molar-refractivity contribution >= 4 is 23.3 Å². The molecule has 0 radical (unpaired) electrons. The van der Waals surface area contributed by atoms with Gasteiger partial charge in [-0.3, -0.25) is 4.79 Å². The van der Waals surface area contributed by atoms with Crippen LogP contribution in [0.5, 0.6) is 0 Å². The zero-order chi connectivity index (χ0) is 15.4. The molecule has 1 amide bonds. The molecule has 1 aliphatic carbocycles. The first-order valence-electron chi connectivity index (χ1n) is 7.14. The first kappa shape index (κ1) is 15.2. The summed E-state index contributed by atoms with van der Waals surface area (Å²) in [5, 5.41) is 5.98. The van der Waals surface area contributed by atoms with Crippen molar-refractivity contribution in [2.24, 2.45) is 0 Å². The van der Waals surface area contributed by atoms with E-state index >= 15 is 0 Å². The lowest BCUT2D eigenvalue weighted by molar-refractivity contribution is -0.121. The summed E-state index contributed by atoms with van der Waals surface area (Å²) < 4.78 is 4.91. The highest BCUT2D eigenvalue weighted by Gasteiger charge is 2.25. The number of esters is 1. The van der Waals surface area contributed by atoms with E-state index in [9.17, 15) is 9.59 Å². The number of nitrogen functional groups attached to an aromatic ring is 1. The number of anilines is 2. The van der Waals surface area contributed by atoms with Gasteiger partial charge in [0.25, 0.3) is 0 Å². The van der Waals surface area contributed by atoms with E-state index in [-0.39, 0.29) is 11.9 Å². The fourth-order valence-electron chi connectivity index (χ4n) is 1.89. The van der Waals surface area contributed by atoms with Crippen LogP contribution in [0.2, 0.25) is 0 Å². The second-order valence-corrected chi connectivity index (χ2v) is 5.17. The summed E-state index contributed by atoms with van der Waals surface area (Å²) in [6, 6.07) is 4.79. The van der Waals surface area contributed by atoms with Crippen molar-refractivity contribution < 1.29 is 14.3 Å². The van der Waals surface area contributed by atoms with Gasteiger partial charge in [0.1, 0.15) is 6.04 Å². The molecule has 1 atom stereocenters. The van der Waals surface area contributed by atoms with Crippen LogP contribution in [0.15, 0.2) is 18.2 Å². The van der Waals surface area contributed by atoms with Gasteiger partial charge in [0.2, 0.25) is 5.91 Å². The first-order valence-corrected chi connectivity index (χ1v) is 7.14. The number of hydrogen-bond acceptors (Lipinski definition) is 5. The first-order chi connectivity index (χ1) is 10.0. The van der Waals surface area contributed by atoms with E-state index in [0.29, 0.717) is 29.6 Å². The van der Waals surface area contributed by atoms with Gasteiger partial charge in [-0.1, -0.05) is 0 Å². The maximum absolute atomic E-state index is 11.9. The molecular formula is C15H21N3O3. The molecule has 0 heterocycles. The van der Waals surface area contributed by atoms with Crippen LogP contribution in [0, 0.1) is 0 Å². The second kappa shape index (κ2) is 6.47. The Morgan fingerprint density at radius 1 is 1.43 bits per heavy atom. The molecule has 21 heavy (non-hydrogen) atoms. The van der Waals surface area contributed by atoms with Gasteiger partial charge >= 0.3 is 5.97 Å². The van der Waals surface area contributed by atoms with Crippen LogP contribution >= 0.6 is 0 Å². The molecule has 6 heteroatoms. The van der Waals surface area contributed by atoms with E-state index < -0.39 is 5.97 Å². The Morgan fingerprint density at radius 3 is 2.71 bits per heavy atom. The van der Waals surface area contributed by atoms with Crippen LogP contribution in [-0.4, -0.2) is 30.6 Å². The normalized spacial score (nSPS) is 15.1. The average molecular weight is 291 g/mol. The number of nitrogens with two attached hydrogens (primary N) is 1. The lowest BCUT2D eigenvalue weighted by Gasteiger charge is -2.17. The maximum atomic E-state index is 11.9. The molecule has 1 unspecified atom stereocenters. The molecule has 0 saturated heterocycles. The third-order valence-electron chi connectivity index (χ3n) is 3.25. The predicted octanol–water partition coefficient (Wildman–Crippen LogP) is 1.52. The van der Waals surface area contributed by atoms with Gasteiger partial charge in [-0.15, -0.1) is 0 Å². The van der Waals surface area contributed by atoms with Gasteiger partial charge in [-0.25, -0.2) is 4.79 Å². The highest BCUT2D eigenvalue weighted by molar-refractivity contribution is 5.92. The topological polar surface area (TPSA) is 93.4 Å². The number of nitrogens with one attached hydrogen (secondary N) is 2. The van der Waals surface area contributed by atoms with Crippen molar-refractivity contribution in [3.05, 3.63) is 23.8 Å². The van der Waals surface area contributed by atoms with Gasteiger partial charge < -0.3 is 21.1 Å². The fourth-order valence-corrected chi connectivity index (χ4v) is 1.89. The lowest BCUT2D eigenvalue weighted by Crippen LogP contribution is -2.38. The number of amides is 1. The van der Waals surface area contributed by atoms with Gasteiger partial charge in [-0.05, 0) is 44.9 Å². The monoisotopic (exact) mass is 291 g/mol. The molecule has 1 fully saturated rings. The average Bonchev–Trinajstić information content (AvgIpc) is 3.25. The molecule has 1 aromatic carbocycles. The highest BCUT2D eigenvalue weighted by Crippen LogP contribution is 2.22. The largest absolute Gasteiger partial charge is 0.462 e. The number of rotatable bonds is 6. The number of carbonyl (C=O) groups is 2. The fraction of sp³-hybridized carbons (Fsp3) is 0.467. The molecule has 1 saturated carbocycles. The second-order valence-electron chi connectivity index (χ2n) is 5.17. The van der Waals surface area contributed by atoms with Crippen LogP contribution in [0.3, 0.4) is 0 Å². The zero-order valence-electron chi connectivity index (χ0n) is 12.3. The van der Waals surface area contributed by atoms with Gasteiger partial charge in [-0.2, -0.15) is 0 Å². The molecule has 6 nitrogen and oxygen atoms in total. The van der Waals surface area contributed by atoms with E-state index in [1.807, 2.05) is 0 Å². The molecule has 0 aromatic heterocycles. The molecule has 0 spiro atoms. The zero-order valence-corrected chi connectivity index (χ0v) is 12.3. The number of ether oxygens (including phenoxy) is 1. The predicted molar refractivity (Wildman–Crippen MR) is 81.1 cm³/mol. The van der Waals surface area contributed by atoms with Crippen molar-refractivity contribution in [1.29, 1.82) is 0 Å². The van der Waals surface area contributed by atoms with Crippen molar-refractivity contribution in [2.45, 2.75) is 38.8 Å². The smallest absolute Gasteiger partial charge is 0.338 e. The number of carbonyl (C=O) groups excluding carboxylic acids is 2. The van der Waals surface area contributed by atoms with Crippen LogP contribution in [0.4, 0.5) is 11.4 Å². The van der Waals surface area contributed by atoms with E-state index in [2.05, 4.69) is 10.6 Å². The number of benzene rings is 1. The van der Waals surface area contributed by atoms with Crippen LogP contribution in [-0.2, 0) is 9.53 Å². The van der Waals surface area contributed by atoms with Crippen molar-refractivity contribution in [2.75, 3.05) is 17.7 Å². The van der Waals surface area contributed by atoms with Crippen molar-refractivity contribution in [3.63, 3.8) is 0 Å². The Balaban J connectivity index is 1.99. The van der Waals surface area contributed by atoms with Gasteiger partial charge in [0.05, 0.1) is 23.5 Å².